The van der Waals surface area contributed by atoms with Gasteiger partial charge in [0.2, 0.25) is 0 Å². The molecule has 27 heavy (non-hydrogen) atoms. The molecule has 1 atom stereocenters. The molecular formula is C21H27O4PS. The van der Waals surface area contributed by atoms with Crippen LogP contribution < -0.4 is 4.52 Å². The molecule has 4 nitrogen and oxygen atoms in total. The van der Waals surface area contributed by atoms with Crippen LogP contribution in [0.15, 0.2) is 48.5 Å². The normalized spacial score (nSPS) is 13.4. The molecule has 2 rings (SSSR count). The molecule has 0 aliphatic rings. The van der Waals surface area contributed by atoms with Gasteiger partial charge in [0, 0.05) is 11.3 Å². The van der Waals surface area contributed by atoms with Crippen molar-refractivity contribution in [2.45, 2.75) is 40.0 Å². The second kappa shape index (κ2) is 10.1. The van der Waals surface area contributed by atoms with E-state index in [4.69, 9.17) is 9.05 Å². The van der Waals surface area contributed by atoms with Crippen molar-refractivity contribution >= 4 is 24.0 Å². The summed E-state index contributed by atoms with van der Waals surface area (Å²) in [5.74, 6) is 1.06. The van der Waals surface area contributed by atoms with Crippen molar-refractivity contribution in [3.63, 3.8) is 0 Å². The van der Waals surface area contributed by atoms with Gasteiger partial charge in [0.25, 0.3) is 0 Å². The zero-order valence-electron chi connectivity index (χ0n) is 16.3. The number of hydrogen-bond acceptors (Lipinski definition) is 5. The maximum atomic E-state index is 13.1. The summed E-state index contributed by atoms with van der Waals surface area (Å²) >= 11 is 1.17. The fourth-order valence-corrected chi connectivity index (χ4v) is 5.94. The van der Waals surface area contributed by atoms with Gasteiger partial charge in [0.05, 0.1) is 12.2 Å². The van der Waals surface area contributed by atoms with Crippen molar-refractivity contribution in [1.29, 1.82) is 0 Å². The van der Waals surface area contributed by atoms with Crippen molar-refractivity contribution < 1.29 is 18.4 Å². The highest BCUT2D eigenvalue weighted by molar-refractivity contribution is 8.55. The molecule has 6 heteroatoms. The lowest BCUT2D eigenvalue weighted by atomic mass is 9.96. The van der Waals surface area contributed by atoms with Gasteiger partial charge in [-0.25, -0.2) is 4.57 Å². The Morgan fingerprint density at radius 2 is 1.81 bits per heavy atom. The maximum absolute atomic E-state index is 13.1. The molecule has 0 saturated carbocycles. The van der Waals surface area contributed by atoms with Crippen molar-refractivity contribution in [2.24, 2.45) is 0 Å². The molecule has 0 amide bonds. The molecule has 0 N–H and O–H groups in total. The highest BCUT2D eigenvalue weighted by Crippen LogP contribution is 2.60. The summed E-state index contributed by atoms with van der Waals surface area (Å²) in [6.07, 6.45) is 0.854. The van der Waals surface area contributed by atoms with Crippen LogP contribution in [0.3, 0.4) is 0 Å². The Bertz CT molecular complexity index is 805. The second-order valence-electron chi connectivity index (χ2n) is 6.39. The lowest BCUT2D eigenvalue weighted by molar-refractivity contribution is 0.103. The van der Waals surface area contributed by atoms with E-state index in [1.165, 1.54) is 11.4 Å². The van der Waals surface area contributed by atoms with Crippen molar-refractivity contribution in [3.05, 3.63) is 65.2 Å². The molecule has 2 aromatic carbocycles. The molecule has 0 fully saturated rings. The Kier molecular flexibility index (Phi) is 8.15. The predicted octanol–water partition coefficient (Wildman–Crippen LogP) is 6.71. The third-order valence-corrected chi connectivity index (χ3v) is 7.84. The molecule has 0 aliphatic heterocycles. The van der Waals surface area contributed by atoms with Gasteiger partial charge in [-0.1, -0.05) is 57.2 Å². The summed E-state index contributed by atoms with van der Waals surface area (Å²) in [6, 6.07) is 14.5. The van der Waals surface area contributed by atoms with Crippen LogP contribution >= 0.6 is 18.2 Å². The summed E-state index contributed by atoms with van der Waals surface area (Å²) in [7, 11) is 0. The molecule has 0 spiro atoms. The number of benzene rings is 2. The minimum absolute atomic E-state index is 0.156. The molecule has 1 unspecified atom stereocenters. The predicted molar refractivity (Wildman–Crippen MR) is 113 cm³/mol. The van der Waals surface area contributed by atoms with Crippen molar-refractivity contribution in [1.82, 2.24) is 0 Å². The van der Waals surface area contributed by atoms with Crippen molar-refractivity contribution in [3.8, 4) is 5.75 Å². The Balaban J connectivity index is 2.45. The molecule has 0 aromatic heterocycles. The van der Waals surface area contributed by atoms with Crippen molar-refractivity contribution in [2.75, 3.05) is 12.4 Å². The molecule has 0 bridgehead atoms. The fraction of sp³-hybridized carbons (Fsp3) is 0.381. The van der Waals surface area contributed by atoms with E-state index in [0.717, 1.165) is 12.0 Å². The van der Waals surface area contributed by atoms with Gasteiger partial charge in [-0.2, -0.15) is 0 Å². The fourth-order valence-electron chi connectivity index (χ4n) is 2.48. The molecule has 0 radical (unpaired) electrons. The first kappa shape index (κ1) is 21.7. The van der Waals surface area contributed by atoms with E-state index in [0.29, 0.717) is 22.6 Å². The summed E-state index contributed by atoms with van der Waals surface area (Å²) in [5, 5.41) is 0. The highest BCUT2D eigenvalue weighted by atomic mass is 32.7. The number of carbonyl (C=O) groups is 1. The lowest BCUT2D eigenvalue weighted by Gasteiger charge is -2.20. The lowest BCUT2D eigenvalue weighted by Crippen LogP contribution is -2.06. The smallest absolute Gasteiger partial charge is 0.416 e. The molecule has 146 valence electrons. The van der Waals surface area contributed by atoms with Crippen LogP contribution in [0.5, 0.6) is 5.75 Å². The van der Waals surface area contributed by atoms with Crippen LogP contribution in [0.25, 0.3) is 0 Å². The van der Waals surface area contributed by atoms with Gasteiger partial charge < -0.3 is 4.52 Å². The van der Waals surface area contributed by atoms with E-state index >= 15 is 0 Å². The van der Waals surface area contributed by atoms with Crippen LogP contribution in [-0.4, -0.2) is 18.1 Å². The van der Waals surface area contributed by atoms with E-state index in [-0.39, 0.29) is 18.3 Å². The highest BCUT2D eigenvalue weighted by Gasteiger charge is 2.29. The number of ketones is 1. The average Bonchev–Trinajstić information content (AvgIpc) is 2.67. The van der Waals surface area contributed by atoms with Crippen LogP contribution in [0, 0.1) is 0 Å². The number of hydrogen-bond donors (Lipinski definition) is 0. The summed E-state index contributed by atoms with van der Waals surface area (Å²) in [5.41, 5.74) is 1.99. The van der Waals surface area contributed by atoms with Gasteiger partial charge in [-0.15, -0.1) is 0 Å². The Morgan fingerprint density at radius 1 is 1.11 bits per heavy atom. The first-order valence-electron chi connectivity index (χ1n) is 9.22. The van der Waals surface area contributed by atoms with Gasteiger partial charge in [0.1, 0.15) is 5.75 Å². The average molecular weight is 406 g/mol. The minimum Gasteiger partial charge on any atom is -0.416 e. The van der Waals surface area contributed by atoms with E-state index in [1.54, 1.807) is 25.1 Å². The van der Waals surface area contributed by atoms with Crippen LogP contribution in [0.2, 0.25) is 0 Å². The minimum atomic E-state index is -3.39. The zero-order valence-corrected chi connectivity index (χ0v) is 18.0. The van der Waals surface area contributed by atoms with Crippen LogP contribution in [0.1, 0.15) is 61.5 Å². The largest absolute Gasteiger partial charge is 0.440 e. The SMILES string of the molecule is CCCSP(=O)(OCC)Oc1ccc(C(C)C)cc1C(=O)c1ccccc1. The van der Waals surface area contributed by atoms with Gasteiger partial charge in [-0.05, 0) is 48.3 Å². The van der Waals surface area contributed by atoms with Gasteiger partial charge in [-0.3, -0.25) is 9.32 Å². The molecule has 2 aromatic rings. The first-order valence-corrected chi connectivity index (χ1v) is 12.4. The van der Waals surface area contributed by atoms with Crippen LogP contribution in [-0.2, 0) is 9.09 Å². The molecule has 0 aliphatic carbocycles. The topological polar surface area (TPSA) is 52.6 Å². The standard InChI is InChI=1S/C21H27O4PS/c1-5-14-27-26(23,24-6-2)25-20-13-12-18(16(3)4)15-19(20)21(22)17-10-8-7-9-11-17/h7-13,15-16H,5-6,14H2,1-4H3. The zero-order chi connectivity index (χ0) is 19.9. The first-order chi connectivity index (χ1) is 12.9. The second-order valence-corrected chi connectivity index (χ2v) is 10.5. The van der Waals surface area contributed by atoms with E-state index in [9.17, 15) is 9.36 Å². The summed E-state index contributed by atoms with van der Waals surface area (Å²) in [6.45, 7) is 4.80. The third kappa shape index (κ3) is 5.97. The Hall–Kier alpha value is -1.55. The maximum Gasteiger partial charge on any atom is 0.440 e. The summed E-state index contributed by atoms with van der Waals surface area (Å²) < 4.78 is 24.3. The Morgan fingerprint density at radius 3 is 2.41 bits per heavy atom. The molecule has 0 heterocycles. The van der Waals surface area contributed by atoms with Gasteiger partial charge in [0.15, 0.2) is 5.78 Å². The number of carbonyl (C=O) groups excluding carboxylic acids is 1. The Labute approximate surface area is 165 Å². The quantitative estimate of drug-likeness (QED) is 0.324. The van der Waals surface area contributed by atoms with E-state index < -0.39 is 6.80 Å². The van der Waals surface area contributed by atoms with E-state index in [2.05, 4.69) is 13.8 Å². The number of rotatable bonds is 10. The molecule has 0 saturated heterocycles. The van der Waals surface area contributed by atoms with E-state index in [1.807, 2.05) is 37.3 Å². The summed E-state index contributed by atoms with van der Waals surface area (Å²) in [4.78, 5) is 13.1. The monoisotopic (exact) mass is 406 g/mol. The third-order valence-electron chi connectivity index (χ3n) is 3.90. The molecular weight excluding hydrogens is 379 g/mol. The van der Waals surface area contributed by atoms with Crippen LogP contribution in [0.4, 0.5) is 0 Å². The van der Waals surface area contributed by atoms with Gasteiger partial charge >= 0.3 is 6.80 Å².